The van der Waals surface area contributed by atoms with Gasteiger partial charge in [0.1, 0.15) is 55.0 Å². The van der Waals surface area contributed by atoms with Crippen molar-refractivity contribution in [2.24, 2.45) is 9.98 Å². The Morgan fingerprint density at radius 2 is 1.10 bits per heavy atom. The summed E-state index contributed by atoms with van der Waals surface area (Å²) in [6.07, 6.45) is 10.3. The lowest BCUT2D eigenvalue weighted by atomic mass is 9.91. The van der Waals surface area contributed by atoms with Crippen molar-refractivity contribution in [1.29, 1.82) is 0 Å². The largest absolute Gasteiger partial charge is 0.488 e. The van der Waals surface area contributed by atoms with Crippen LogP contribution in [0.4, 0.5) is 0 Å². The van der Waals surface area contributed by atoms with Gasteiger partial charge in [0.2, 0.25) is 0 Å². The van der Waals surface area contributed by atoms with E-state index in [1.54, 1.807) is 75.6 Å². The third-order valence-corrected chi connectivity index (χ3v) is 12.6. The van der Waals surface area contributed by atoms with Crippen molar-refractivity contribution < 1.29 is 39.1 Å². The fraction of sp³-hybridized carbons (Fsp3) is 0.232. The molecule has 71 heavy (non-hydrogen) atoms. The maximum Gasteiger partial charge on any atom is 0.326 e. The van der Waals surface area contributed by atoms with Gasteiger partial charge in [-0.05, 0) is 77.1 Å². The van der Waals surface area contributed by atoms with E-state index in [2.05, 4.69) is 44.3 Å². The van der Waals surface area contributed by atoms with E-state index in [0.29, 0.717) is 39.1 Å². The second-order valence-electron chi connectivity index (χ2n) is 16.9. The molecule has 0 aliphatic heterocycles. The second kappa shape index (κ2) is 24.6. The maximum atomic E-state index is 12.7. The van der Waals surface area contributed by atoms with E-state index in [0.717, 1.165) is 61.2 Å². The standard InChI is InChI=1S/C56H55Cl2N5O8/c1-36-43(12-8-14-47(36)48-15-9-13-44(37(48)2)34-71-54-21-52(46(30-64)19-50(54)58)69-32-42-17-40(24-60-4)26-62-28-42)33-70-53-20-51(68-31-41-16-39(23-59-3)25-61-27-41)45(18-49(53)57)29-63-56(35-65,55(66)67)22-38-10-6-5-7-11-38/h5-21,23-28,63-65H,22,29-35H2,1-4H3,(H,66,67). The smallest absolute Gasteiger partial charge is 0.326 e. The number of nitrogens with one attached hydrogen (secondary N) is 1. The minimum atomic E-state index is -1.69. The third-order valence-electron chi connectivity index (χ3n) is 12.0. The SMILES string of the molecule is CN=Cc1cncc(COc2cc(OCc3cccc(-c4cccc(COc5cc(OCc6cncc(C=NC)c6)c(CNC(CO)(Cc6ccccc6)C(=O)O)cc5Cl)c4C)c3C)c(Cl)cc2CO)c1. The van der Waals surface area contributed by atoms with E-state index in [-0.39, 0.29) is 51.0 Å². The lowest BCUT2D eigenvalue weighted by Crippen LogP contribution is -2.56. The predicted molar refractivity (Wildman–Crippen MR) is 277 cm³/mol. The van der Waals surface area contributed by atoms with Gasteiger partial charge in [-0.25, -0.2) is 0 Å². The molecule has 0 spiro atoms. The van der Waals surface area contributed by atoms with Gasteiger partial charge in [-0.3, -0.25) is 30.1 Å². The first kappa shape index (κ1) is 51.7. The monoisotopic (exact) mass is 995 g/mol. The van der Waals surface area contributed by atoms with E-state index in [9.17, 15) is 20.1 Å². The number of aliphatic hydroxyl groups excluding tert-OH is 2. The number of carbonyl (C=O) groups is 1. The lowest BCUT2D eigenvalue weighted by molar-refractivity contribution is -0.146. The summed E-state index contributed by atoms with van der Waals surface area (Å²) >= 11 is 13.6. The highest BCUT2D eigenvalue weighted by Crippen LogP contribution is 2.38. The number of ether oxygens (including phenoxy) is 4. The van der Waals surface area contributed by atoms with Crippen molar-refractivity contribution in [2.45, 2.75) is 65.4 Å². The molecule has 0 fully saturated rings. The first-order valence-electron chi connectivity index (χ1n) is 22.7. The minimum absolute atomic E-state index is 0.00233. The number of carboxylic acid groups (broad SMARTS) is 1. The van der Waals surface area contributed by atoms with Crippen molar-refractivity contribution in [3.8, 4) is 34.1 Å². The Morgan fingerprint density at radius 3 is 1.58 bits per heavy atom. The molecule has 5 aromatic carbocycles. The summed E-state index contributed by atoms with van der Waals surface area (Å²) in [4.78, 5) is 29.5. The second-order valence-corrected chi connectivity index (χ2v) is 17.7. The summed E-state index contributed by atoms with van der Waals surface area (Å²) < 4.78 is 25.3. The number of aliphatic carboxylic acids is 1. The van der Waals surface area contributed by atoms with Gasteiger partial charge in [0.05, 0.1) is 23.3 Å². The van der Waals surface area contributed by atoms with Gasteiger partial charge in [-0.15, -0.1) is 0 Å². The van der Waals surface area contributed by atoms with Crippen LogP contribution in [0.2, 0.25) is 10.0 Å². The van der Waals surface area contributed by atoms with Crippen LogP contribution < -0.4 is 24.3 Å². The van der Waals surface area contributed by atoms with Crippen LogP contribution >= 0.6 is 23.2 Å². The molecule has 7 aromatic rings. The zero-order valence-corrected chi connectivity index (χ0v) is 41.4. The molecule has 7 rings (SSSR count). The van der Waals surface area contributed by atoms with Crippen molar-refractivity contribution >= 4 is 41.6 Å². The van der Waals surface area contributed by atoms with Crippen LogP contribution in [0.25, 0.3) is 11.1 Å². The zero-order valence-electron chi connectivity index (χ0n) is 39.9. The molecule has 13 nitrogen and oxygen atoms in total. The number of benzene rings is 5. The maximum absolute atomic E-state index is 12.7. The van der Waals surface area contributed by atoms with Gasteiger partial charge in [-0.2, -0.15) is 0 Å². The quantitative estimate of drug-likeness (QED) is 0.0449. The normalized spacial score (nSPS) is 12.3. The number of hydrogen-bond donors (Lipinski definition) is 4. The summed E-state index contributed by atoms with van der Waals surface area (Å²) in [6, 6.07) is 31.8. The molecule has 0 aliphatic carbocycles. The van der Waals surface area contributed by atoms with Gasteiger partial charge >= 0.3 is 5.97 Å². The van der Waals surface area contributed by atoms with Gasteiger partial charge in [0.15, 0.2) is 0 Å². The Morgan fingerprint density at radius 1 is 0.606 bits per heavy atom. The van der Waals surface area contributed by atoms with Crippen LogP contribution in [0.5, 0.6) is 23.0 Å². The molecule has 1 unspecified atom stereocenters. The Hall–Kier alpha value is -7.13. The minimum Gasteiger partial charge on any atom is -0.488 e. The first-order valence-corrected chi connectivity index (χ1v) is 23.5. The lowest BCUT2D eigenvalue weighted by Gasteiger charge is -2.29. The molecule has 0 saturated carbocycles. The number of rotatable bonds is 23. The van der Waals surface area contributed by atoms with E-state index in [1.165, 1.54) is 0 Å². The van der Waals surface area contributed by atoms with Crippen molar-refractivity contribution in [3.63, 3.8) is 0 Å². The summed E-state index contributed by atoms with van der Waals surface area (Å²) in [6.45, 7) is 3.91. The topological polar surface area (TPSA) is 177 Å². The van der Waals surface area contributed by atoms with E-state index < -0.39 is 18.1 Å². The molecule has 4 N–H and O–H groups in total. The molecule has 0 aliphatic rings. The number of aromatic nitrogens is 2. The van der Waals surface area contributed by atoms with Crippen LogP contribution in [-0.2, 0) is 50.8 Å². The molecule has 15 heteroatoms. The molecule has 366 valence electrons. The van der Waals surface area contributed by atoms with Crippen molar-refractivity contribution in [1.82, 2.24) is 15.3 Å². The van der Waals surface area contributed by atoms with Crippen LogP contribution in [0.15, 0.2) is 138 Å². The summed E-state index contributed by atoms with van der Waals surface area (Å²) in [5, 5.41) is 34.7. The molecule has 0 bridgehead atoms. The van der Waals surface area contributed by atoms with E-state index >= 15 is 0 Å². The molecular formula is C56H55Cl2N5O8. The molecule has 2 aromatic heterocycles. The highest BCUT2D eigenvalue weighted by molar-refractivity contribution is 6.32. The molecule has 2 heterocycles. The average molecular weight is 997 g/mol. The number of pyridine rings is 2. The Bertz CT molecular complexity index is 3020. The molecular weight excluding hydrogens is 942 g/mol. The van der Waals surface area contributed by atoms with Gasteiger partial charge in [0.25, 0.3) is 0 Å². The van der Waals surface area contributed by atoms with Crippen LogP contribution in [0.1, 0.15) is 61.2 Å². The number of nitrogens with zero attached hydrogens (tertiary/aromatic N) is 4. The highest BCUT2D eigenvalue weighted by Gasteiger charge is 2.38. The van der Waals surface area contributed by atoms with Crippen molar-refractivity contribution in [2.75, 3.05) is 20.7 Å². The summed E-state index contributed by atoms with van der Waals surface area (Å²) in [5.41, 5.74) is 9.34. The van der Waals surface area contributed by atoms with Gasteiger partial charge in [0, 0.05) is 110 Å². The number of hydrogen-bond acceptors (Lipinski definition) is 12. The fourth-order valence-electron chi connectivity index (χ4n) is 8.01. The molecule has 0 radical (unpaired) electrons. The summed E-state index contributed by atoms with van der Waals surface area (Å²) in [7, 11) is 3.38. The van der Waals surface area contributed by atoms with Gasteiger partial charge < -0.3 is 34.3 Å². The Kier molecular flexibility index (Phi) is 17.9. The van der Waals surface area contributed by atoms with E-state index in [1.807, 2.05) is 73.7 Å². The zero-order chi connectivity index (χ0) is 50.3. The predicted octanol–water partition coefficient (Wildman–Crippen LogP) is 10.1. The van der Waals surface area contributed by atoms with Crippen LogP contribution in [-0.4, -0.2) is 69.9 Å². The fourth-order valence-corrected chi connectivity index (χ4v) is 8.50. The molecule has 0 amide bonds. The first-order chi connectivity index (χ1) is 34.4. The summed E-state index contributed by atoms with van der Waals surface area (Å²) in [5.74, 6) is 0.421. The highest BCUT2D eigenvalue weighted by atomic mass is 35.5. The Balaban J connectivity index is 1.09. The third kappa shape index (κ3) is 13.2. The number of halogens is 2. The van der Waals surface area contributed by atoms with Crippen molar-refractivity contribution in [3.05, 3.63) is 199 Å². The number of aliphatic imine (C=N–C) groups is 2. The van der Waals surface area contributed by atoms with Gasteiger partial charge in [-0.1, -0.05) is 89.9 Å². The van der Waals surface area contributed by atoms with Crippen LogP contribution in [0.3, 0.4) is 0 Å². The Labute approximate surface area is 423 Å². The van der Waals surface area contributed by atoms with Crippen LogP contribution in [0, 0.1) is 13.8 Å². The molecule has 1 atom stereocenters. The number of aliphatic hydroxyl groups is 2. The van der Waals surface area contributed by atoms with E-state index in [4.69, 9.17) is 42.1 Å². The average Bonchev–Trinajstić information content (AvgIpc) is 3.37. The molecule has 0 saturated heterocycles. The number of carboxylic acids is 1.